The van der Waals surface area contributed by atoms with Crippen LogP contribution >= 0.6 is 0 Å². The van der Waals surface area contributed by atoms with E-state index in [1.807, 2.05) is 7.05 Å². The van der Waals surface area contributed by atoms with Crippen LogP contribution in [0.25, 0.3) is 0 Å². The minimum atomic E-state index is 0.421. The van der Waals surface area contributed by atoms with Gasteiger partial charge in [0.25, 0.3) is 0 Å². The summed E-state index contributed by atoms with van der Waals surface area (Å²) in [4.78, 5) is 6.96. The number of unbranched alkanes of at least 4 members (excludes halogenated alkanes) is 1. The molecule has 0 aromatic rings. The number of hydrogen-bond acceptors (Lipinski definition) is 2. The van der Waals surface area contributed by atoms with Crippen LogP contribution in [0.3, 0.4) is 0 Å². The first kappa shape index (κ1) is 19.3. The van der Waals surface area contributed by atoms with Crippen LogP contribution in [0.1, 0.15) is 66.2 Å². The summed E-state index contributed by atoms with van der Waals surface area (Å²) in [6.07, 6.45) is 7.52. The summed E-state index contributed by atoms with van der Waals surface area (Å²) in [5, 5.41) is 7.05. The number of guanidine groups is 1. The molecule has 0 spiro atoms. The molecule has 4 nitrogen and oxygen atoms in total. The first-order valence-electron chi connectivity index (χ1n) is 9.14. The van der Waals surface area contributed by atoms with Crippen molar-refractivity contribution >= 4 is 5.96 Å². The standard InChI is InChI=1S/C18H38N4/c1-6-7-13-22-14-9-16(10-15-22)21-17(19-5)20-12-8-11-18(2,3)4/h16H,6-15H2,1-5H3,(H2,19,20,21). The Balaban J connectivity index is 2.19. The lowest BCUT2D eigenvalue weighted by Crippen LogP contribution is -2.49. The molecule has 1 heterocycles. The maximum Gasteiger partial charge on any atom is 0.191 e. The number of likely N-dealkylation sites (tertiary alicyclic amines) is 1. The molecule has 0 aliphatic carbocycles. The molecule has 1 rings (SSSR count). The number of piperidine rings is 1. The monoisotopic (exact) mass is 310 g/mol. The van der Waals surface area contributed by atoms with E-state index in [2.05, 4.69) is 48.2 Å². The van der Waals surface area contributed by atoms with Crippen LogP contribution < -0.4 is 10.6 Å². The minimum absolute atomic E-state index is 0.421. The number of nitrogens with one attached hydrogen (secondary N) is 2. The van der Waals surface area contributed by atoms with E-state index in [-0.39, 0.29) is 0 Å². The molecule has 0 bridgehead atoms. The number of nitrogens with zero attached hydrogens (tertiary/aromatic N) is 2. The Morgan fingerprint density at radius 2 is 1.86 bits per heavy atom. The van der Waals surface area contributed by atoms with E-state index in [4.69, 9.17) is 0 Å². The quantitative estimate of drug-likeness (QED) is 0.431. The van der Waals surface area contributed by atoms with E-state index in [9.17, 15) is 0 Å². The summed E-state index contributed by atoms with van der Waals surface area (Å²) < 4.78 is 0. The Labute approximate surface area is 138 Å². The predicted molar refractivity (Wildman–Crippen MR) is 97.6 cm³/mol. The lowest BCUT2D eigenvalue weighted by Gasteiger charge is -2.33. The smallest absolute Gasteiger partial charge is 0.191 e. The summed E-state index contributed by atoms with van der Waals surface area (Å²) in [7, 11) is 1.87. The molecular formula is C18H38N4. The third-order valence-electron chi connectivity index (χ3n) is 4.38. The van der Waals surface area contributed by atoms with Crippen molar-refractivity contribution in [3.63, 3.8) is 0 Å². The molecule has 0 amide bonds. The van der Waals surface area contributed by atoms with Crippen LogP contribution in [-0.2, 0) is 0 Å². The molecule has 4 heteroatoms. The van der Waals surface area contributed by atoms with Crippen molar-refractivity contribution in [1.82, 2.24) is 15.5 Å². The largest absolute Gasteiger partial charge is 0.356 e. The van der Waals surface area contributed by atoms with Crippen LogP contribution in [0.5, 0.6) is 0 Å². The van der Waals surface area contributed by atoms with E-state index in [1.54, 1.807) is 0 Å². The van der Waals surface area contributed by atoms with E-state index in [0.29, 0.717) is 11.5 Å². The lowest BCUT2D eigenvalue weighted by atomic mass is 9.91. The van der Waals surface area contributed by atoms with Crippen molar-refractivity contribution in [2.45, 2.75) is 72.3 Å². The molecule has 1 aliphatic heterocycles. The molecule has 0 unspecified atom stereocenters. The van der Waals surface area contributed by atoms with Crippen molar-refractivity contribution in [2.75, 3.05) is 33.2 Å². The van der Waals surface area contributed by atoms with Gasteiger partial charge in [0.1, 0.15) is 0 Å². The van der Waals surface area contributed by atoms with Crippen molar-refractivity contribution in [1.29, 1.82) is 0 Å². The molecular weight excluding hydrogens is 272 g/mol. The highest BCUT2D eigenvalue weighted by Crippen LogP contribution is 2.19. The maximum atomic E-state index is 4.37. The average Bonchev–Trinajstić information content (AvgIpc) is 2.48. The number of rotatable bonds is 7. The van der Waals surface area contributed by atoms with Crippen LogP contribution in [0.15, 0.2) is 4.99 Å². The third kappa shape index (κ3) is 8.62. The molecule has 1 saturated heterocycles. The summed E-state index contributed by atoms with van der Waals surface area (Å²) in [6.45, 7) is 13.9. The number of aliphatic imine (C=N–C) groups is 1. The zero-order valence-electron chi connectivity index (χ0n) is 15.5. The zero-order chi connectivity index (χ0) is 16.4. The topological polar surface area (TPSA) is 39.7 Å². The summed E-state index contributed by atoms with van der Waals surface area (Å²) in [6, 6.07) is 0.576. The second-order valence-corrected chi connectivity index (χ2v) is 7.78. The molecule has 2 N–H and O–H groups in total. The molecule has 130 valence electrons. The highest BCUT2D eigenvalue weighted by atomic mass is 15.2. The van der Waals surface area contributed by atoms with Gasteiger partial charge >= 0.3 is 0 Å². The summed E-state index contributed by atoms with van der Waals surface area (Å²) in [5.74, 6) is 0.973. The Hall–Kier alpha value is -0.770. The second-order valence-electron chi connectivity index (χ2n) is 7.78. The highest BCUT2D eigenvalue weighted by molar-refractivity contribution is 5.79. The Morgan fingerprint density at radius 1 is 1.18 bits per heavy atom. The van der Waals surface area contributed by atoms with Crippen molar-refractivity contribution in [2.24, 2.45) is 10.4 Å². The zero-order valence-corrected chi connectivity index (χ0v) is 15.5. The molecule has 1 fully saturated rings. The van der Waals surface area contributed by atoms with Gasteiger partial charge in [0.2, 0.25) is 0 Å². The molecule has 1 aliphatic rings. The van der Waals surface area contributed by atoms with E-state index in [0.717, 1.165) is 12.5 Å². The molecule has 0 saturated carbocycles. The Morgan fingerprint density at radius 3 is 2.41 bits per heavy atom. The first-order valence-corrected chi connectivity index (χ1v) is 9.14. The average molecular weight is 311 g/mol. The van der Waals surface area contributed by atoms with Gasteiger partial charge in [-0.1, -0.05) is 34.1 Å². The normalized spacial score (nSPS) is 18.5. The van der Waals surface area contributed by atoms with Gasteiger partial charge in [-0.2, -0.15) is 0 Å². The van der Waals surface area contributed by atoms with Crippen LogP contribution in [0.4, 0.5) is 0 Å². The fourth-order valence-corrected chi connectivity index (χ4v) is 2.90. The number of hydrogen-bond donors (Lipinski definition) is 2. The van der Waals surface area contributed by atoms with Gasteiger partial charge < -0.3 is 15.5 Å². The van der Waals surface area contributed by atoms with Crippen LogP contribution in [0, 0.1) is 5.41 Å². The fourth-order valence-electron chi connectivity index (χ4n) is 2.90. The van der Waals surface area contributed by atoms with Gasteiger partial charge in [-0.25, -0.2) is 0 Å². The fraction of sp³-hybridized carbons (Fsp3) is 0.944. The van der Waals surface area contributed by atoms with Gasteiger partial charge in [-0.3, -0.25) is 4.99 Å². The van der Waals surface area contributed by atoms with Crippen molar-refractivity contribution < 1.29 is 0 Å². The maximum absolute atomic E-state index is 4.37. The molecule has 0 aromatic carbocycles. The van der Waals surface area contributed by atoms with Gasteiger partial charge in [0.15, 0.2) is 5.96 Å². The first-order chi connectivity index (χ1) is 10.4. The highest BCUT2D eigenvalue weighted by Gasteiger charge is 2.19. The predicted octanol–water partition coefficient (Wildman–Crippen LogP) is 3.24. The summed E-state index contributed by atoms with van der Waals surface area (Å²) >= 11 is 0. The molecule has 22 heavy (non-hydrogen) atoms. The SMILES string of the molecule is CCCCN1CCC(NC(=NC)NCCCC(C)(C)C)CC1. The molecule has 0 aromatic heterocycles. The van der Waals surface area contributed by atoms with Crippen LogP contribution in [-0.4, -0.2) is 50.1 Å². The van der Waals surface area contributed by atoms with Gasteiger partial charge in [-0.05, 0) is 44.1 Å². The van der Waals surface area contributed by atoms with Gasteiger partial charge in [0.05, 0.1) is 0 Å². The second kappa shape index (κ2) is 10.1. The van der Waals surface area contributed by atoms with Crippen LogP contribution in [0.2, 0.25) is 0 Å². The van der Waals surface area contributed by atoms with E-state index >= 15 is 0 Å². The third-order valence-corrected chi connectivity index (χ3v) is 4.38. The van der Waals surface area contributed by atoms with Crippen molar-refractivity contribution in [3.05, 3.63) is 0 Å². The van der Waals surface area contributed by atoms with Crippen molar-refractivity contribution in [3.8, 4) is 0 Å². The molecule has 0 radical (unpaired) electrons. The lowest BCUT2D eigenvalue weighted by molar-refractivity contribution is 0.203. The minimum Gasteiger partial charge on any atom is -0.356 e. The Bertz CT molecular complexity index is 312. The summed E-state index contributed by atoms with van der Waals surface area (Å²) in [5.41, 5.74) is 0.421. The van der Waals surface area contributed by atoms with E-state index in [1.165, 1.54) is 58.2 Å². The van der Waals surface area contributed by atoms with Gasteiger partial charge in [-0.15, -0.1) is 0 Å². The van der Waals surface area contributed by atoms with Gasteiger partial charge in [0, 0.05) is 32.7 Å². The molecule has 0 atom stereocenters. The van der Waals surface area contributed by atoms with E-state index < -0.39 is 0 Å². The Kier molecular flexibility index (Phi) is 8.84.